The molecule has 0 unspecified atom stereocenters. The third-order valence-corrected chi connectivity index (χ3v) is 3.20. The summed E-state index contributed by atoms with van der Waals surface area (Å²) in [6, 6.07) is 15.8. The minimum atomic E-state index is 0.764. The number of anilines is 1. The minimum absolute atomic E-state index is 0.764. The topological polar surface area (TPSA) is 56.7 Å². The molecule has 3 rings (SSSR count). The van der Waals surface area contributed by atoms with Crippen molar-refractivity contribution in [3.05, 3.63) is 60.4 Å². The normalized spacial score (nSPS) is 10.6. The Bertz CT molecular complexity index is 701. The molecule has 2 N–H and O–H groups in total. The van der Waals surface area contributed by atoms with E-state index in [0.717, 1.165) is 28.3 Å². The monoisotopic (exact) mass is 250 g/mol. The van der Waals surface area contributed by atoms with Gasteiger partial charge in [-0.1, -0.05) is 30.3 Å². The molecule has 4 heteroatoms. The van der Waals surface area contributed by atoms with Gasteiger partial charge in [-0.05, 0) is 30.7 Å². The van der Waals surface area contributed by atoms with Crippen molar-refractivity contribution in [1.29, 1.82) is 0 Å². The van der Waals surface area contributed by atoms with Crippen LogP contribution in [-0.4, -0.2) is 14.8 Å². The summed E-state index contributed by atoms with van der Waals surface area (Å²) in [5.74, 6) is 0.802. The number of hydrogen-bond acceptors (Lipinski definition) is 3. The van der Waals surface area contributed by atoms with Gasteiger partial charge in [-0.2, -0.15) is 0 Å². The number of hydrogen-bond donors (Lipinski definition) is 1. The van der Waals surface area contributed by atoms with Crippen molar-refractivity contribution in [2.45, 2.75) is 6.92 Å². The first-order chi connectivity index (χ1) is 9.27. The van der Waals surface area contributed by atoms with E-state index in [-0.39, 0.29) is 0 Å². The number of nitrogens with zero attached hydrogens (tertiary/aromatic N) is 3. The molecule has 3 aromatic rings. The maximum absolute atomic E-state index is 5.96. The van der Waals surface area contributed by atoms with Crippen LogP contribution >= 0.6 is 0 Å². The SMILES string of the molecule is Cc1c(N)cccc1-c1nncn1-c1ccccc1. The van der Waals surface area contributed by atoms with Gasteiger partial charge < -0.3 is 5.73 Å². The molecule has 2 aromatic carbocycles. The van der Waals surface area contributed by atoms with Crippen molar-refractivity contribution in [3.63, 3.8) is 0 Å². The van der Waals surface area contributed by atoms with Crippen molar-refractivity contribution in [2.75, 3.05) is 5.73 Å². The second-order valence-electron chi connectivity index (χ2n) is 4.38. The molecule has 0 fully saturated rings. The van der Waals surface area contributed by atoms with Crippen molar-refractivity contribution >= 4 is 5.69 Å². The molecule has 19 heavy (non-hydrogen) atoms. The Balaban J connectivity index is 2.18. The Morgan fingerprint density at radius 3 is 2.58 bits per heavy atom. The number of para-hydroxylation sites is 1. The third-order valence-electron chi connectivity index (χ3n) is 3.20. The number of benzene rings is 2. The zero-order chi connectivity index (χ0) is 13.2. The van der Waals surface area contributed by atoms with E-state index >= 15 is 0 Å². The van der Waals surface area contributed by atoms with Gasteiger partial charge in [-0.25, -0.2) is 0 Å². The highest BCUT2D eigenvalue weighted by Gasteiger charge is 2.12. The fourth-order valence-electron chi connectivity index (χ4n) is 2.09. The molecule has 0 bridgehead atoms. The molecular weight excluding hydrogens is 236 g/mol. The fraction of sp³-hybridized carbons (Fsp3) is 0.0667. The quantitative estimate of drug-likeness (QED) is 0.711. The largest absolute Gasteiger partial charge is 0.398 e. The van der Waals surface area contributed by atoms with E-state index in [1.807, 2.05) is 60.0 Å². The minimum Gasteiger partial charge on any atom is -0.398 e. The summed E-state index contributed by atoms with van der Waals surface area (Å²) >= 11 is 0. The number of nitrogen functional groups attached to an aromatic ring is 1. The van der Waals surface area contributed by atoms with E-state index in [0.29, 0.717) is 0 Å². The Morgan fingerprint density at radius 2 is 1.79 bits per heavy atom. The molecule has 0 saturated heterocycles. The molecule has 0 atom stereocenters. The van der Waals surface area contributed by atoms with Crippen molar-refractivity contribution in [3.8, 4) is 17.1 Å². The molecule has 0 aliphatic heterocycles. The first-order valence-corrected chi connectivity index (χ1v) is 6.08. The van der Waals surface area contributed by atoms with E-state index in [2.05, 4.69) is 10.2 Å². The first kappa shape index (κ1) is 11.5. The van der Waals surface area contributed by atoms with Crippen LogP contribution in [0.4, 0.5) is 5.69 Å². The van der Waals surface area contributed by atoms with Crippen LogP contribution in [0, 0.1) is 6.92 Å². The number of aromatic nitrogens is 3. The summed E-state index contributed by atoms with van der Waals surface area (Å²) < 4.78 is 1.96. The van der Waals surface area contributed by atoms with Crippen LogP contribution in [0.1, 0.15) is 5.56 Å². The lowest BCUT2D eigenvalue weighted by atomic mass is 10.1. The third kappa shape index (κ3) is 1.97. The molecule has 0 aliphatic carbocycles. The van der Waals surface area contributed by atoms with E-state index in [4.69, 9.17) is 5.73 Å². The molecule has 0 saturated carbocycles. The van der Waals surface area contributed by atoms with Gasteiger partial charge in [0, 0.05) is 16.9 Å². The van der Waals surface area contributed by atoms with Crippen LogP contribution in [0.5, 0.6) is 0 Å². The van der Waals surface area contributed by atoms with Crippen LogP contribution < -0.4 is 5.73 Å². The van der Waals surface area contributed by atoms with Crippen molar-refractivity contribution in [1.82, 2.24) is 14.8 Å². The van der Waals surface area contributed by atoms with Gasteiger partial charge in [0.15, 0.2) is 5.82 Å². The summed E-state index contributed by atoms with van der Waals surface area (Å²) in [6.07, 6.45) is 1.72. The van der Waals surface area contributed by atoms with E-state index in [1.54, 1.807) is 6.33 Å². The predicted octanol–water partition coefficient (Wildman–Crippen LogP) is 2.82. The van der Waals surface area contributed by atoms with Crippen molar-refractivity contribution < 1.29 is 0 Å². The Kier molecular flexibility index (Phi) is 2.76. The van der Waals surface area contributed by atoms with Crippen LogP contribution in [0.2, 0.25) is 0 Å². The highest BCUT2D eigenvalue weighted by Crippen LogP contribution is 2.26. The molecule has 0 aliphatic rings. The maximum atomic E-state index is 5.96. The smallest absolute Gasteiger partial charge is 0.168 e. The molecule has 94 valence electrons. The van der Waals surface area contributed by atoms with E-state index in [1.165, 1.54) is 0 Å². The molecule has 0 amide bonds. The molecule has 0 spiro atoms. The molecular formula is C15H14N4. The number of nitrogens with two attached hydrogens (primary N) is 1. The Labute approximate surface area is 111 Å². The second kappa shape index (κ2) is 4.57. The lowest BCUT2D eigenvalue weighted by molar-refractivity contribution is 1.06. The average Bonchev–Trinajstić information content (AvgIpc) is 2.92. The molecule has 1 heterocycles. The predicted molar refractivity (Wildman–Crippen MR) is 75.9 cm³/mol. The highest BCUT2D eigenvalue weighted by atomic mass is 15.3. The fourth-order valence-corrected chi connectivity index (χ4v) is 2.09. The summed E-state index contributed by atoms with van der Waals surface area (Å²) in [4.78, 5) is 0. The summed E-state index contributed by atoms with van der Waals surface area (Å²) in [5, 5.41) is 8.24. The van der Waals surface area contributed by atoms with Crippen LogP contribution in [0.3, 0.4) is 0 Å². The van der Waals surface area contributed by atoms with E-state index in [9.17, 15) is 0 Å². The van der Waals surface area contributed by atoms with Gasteiger partial charge in [-0.3, -0.25) is 4.57 Å². The van der Waals surface area contributed by atoms with Gasteiger partial charge in [0.1, 0.15) is 6.33 Å². The van der Waals surface area contributed by atoms with Gasteiger partial charge >= 0.3 is 0 Å². The van der Waals surface area contributed by atoms with Gasteiger partial charge in [0.05, 0.1) is 0 Å². The number of rotatable bonds is 2. The van der Waals surface area contributed by atoms with Gasteiger partial charge in [-0.15, -0.1) is 10.2 Å². The summed E-state index contributed by atoms with van der Waals surface area (Å²) in [7, 11) is 0. The lowest BCUT2D eigenvalue weighted by Gasteiger charge is -2.10. The average molecular weight is 250 g/mol. The van der Waals surface area contributed by atoms with Crippen LogP contribution in [0.25, 0.3) is 17.1 Å². The van der Waals surface area contributed by atoms with Gasteiger partial charge in [0.25, 0.3) is 0 Å². The lowest BCUT2D eigenvalue weighted by Crippen LogP contribution is -1.99. The first-order valence-electron chi connectivity index (χ1n) is 6.08. The van der Waals surface area contributed by atoms with Crippen LogP contribution in [-0.2, 0) is 0 Å². The zero-order valence-electron chi connectivity index (χ0n) is 10.6. The van der Waals surface area contributed by atoms with E-state index < -0.39 is 0 Å². The Hall–Kier alpha value is -2.62. The van der Waals surface area contributed by atoms with Crippen molar-refractivity contribution in [2.24, 2.45) is 0 Å². The summed E-state index contributed by atoms with van der Waals surface area (Å²) in [6.45, 7) is 1.99. The summed E-state index contributed by atoms with van der Waals surface area (Å²) in [5.41, 5.74) is 9.78. The molecule has 4 nitrogen and oxygen atoms in total. The standard InChI is InChI=1S/C15H14N4/c1-11-13(8-5-9-14(11)16)15-18-17-10-19(15)12-6-3-2-4-7-12/h2-10H,16H2,1H3. The molecule has 0 radical (unpaired) electrons. The van der Waals surface area contributed by atoms with Gasteiger partial charge in [0.2, 0.25) is 0 Å². The Morgan fingerprint density at radius 1 is 1.00 bits per heavy atom. The maximum Gasteiger partial charge on any atom is 0.168 e. The zero-order valence-corrected chi connectivity index (χ0v) is 10.6. The second-order valence-corrected chi connectivity index (χ2v) is 4.38. The van der Waals surface area contributed by atoms with Crippen LogP contribution in [0.15, 0.2) is 54.9 Å². The molecule has 1 aromatic heterocycles. The highest BCUT2D eigenvalue weighted by molar-refractivity contribution is 5.69.